The van der Waals surface area contributed by atoms with E-state index in [1.54, 1.807) is 23.1 Å². The van der Waals surface area contributed by atoms with Crippen LogP contribution in [0.5, 0.6) is 0 Å². The van der Waals surface area contributed by atoms with Crippen LogP contribution >= 0.6 is 0 Å². The molecule has 0 amide bonds. The van der Waals surface area contributed by atoms with Gasteiger partial charge in [-0.05, 0) is 42.5 Å². The van der Waals surface area contributed by atoms with Crippen molar-refractivity contribution in [3.63, 3.8) is 0 Å². The van der Waals surface area contributed by atoms with Crippen molar-refractivity contribution < 1.29 is 17.9 Å². The molecular weight excluding hydrogens is 509 g/mol. The van der Waals surface area contributed by atoms with Gasteiger partial charge in [-0.3, -0.25) is 4.79 Å². The summed E-state index contributed by atoms with van der Waals surface area (Å²) in [5.41, 5.74) is 1.37. The number of hydrogen-bond acceptors (Lipinski definition) is 6. The van der Waals surface area contributed by atoms with E-state index in [0.29, 0.717) is 41.5 Å². The van der Waals surface area contributed by atoms with Crippen LogP contribution in [0, 0.1) is 0 Å². The number of para-hydroxylation sites is 1. The Morgan fingerprint density at radius 1 is 0.949 bits per heavy atom. The third kappa shape index (κ3) is 5.00. The molecule has 0 saturated carbocycles. The summed E-state index contributed by atoms with van der Waals surface area (Å²) in [6.45, 7) is 2.99. The fraction of sp³-hybridized carbons (Fsp3) is 0.214. The highest BCUT2D eigenvalue weighted by atomic mass is 19.4. The number of aromatic nitrogens is 5. The first-order valence-electron chi connectivity index (χ1n) is 12.4. The van der Waals surface area contributed by atoms with Gasteiger partial charge >= 0.3 is 6.18 Å². The molecule has 5 aromatic rings. The van der Waals surface area contributed by atoms with Crippen molar-refractivity contribution in [3.05, 3.63) is 101 Å². The molecule has 2 aromatic carbocycles. The zero-order chi connectivity index (χ0) is 27.0. The van der Waals surface area contributed by atoms with Crippen LogP contribution < -0.4 is 10.5 Å². The number of anilines is 1. The smallest absolute Gasteiger partial charge is 0.378 e. The average Bonchev–Trinajstić information content (AvgIpc) is 3.34. The fourth-order valence-corrected chi connectivity index (χ4v) is 4.64. The lowest BCUT2D eigenvalue weighted by molar-refractivity contribution is -0.137. The molecule has 1 saturated heterocycles. The van der Waals surface area contributed by atoms with E-state index in [2.05, 4.69) is 20.0 Å². The number of fused-ring (bicyclic) bond motifs is 1. The largest absolute Gasteiger partial charge is 0.416 e. The molecule has 198 valence electrons. The molecule has 0 radical (unpaired) electrons. The standard InChI is InChI=1S/C28H23F3N6O2/c29-28(30,31)20-5-7-21(8-6-20)37-23-4-2-1-3-22(23)27(34-37)19-10-12-36(26(38)17-19)18-24-32-11-9-25(33-24)35-13-15-39-16-14-35/h1-12,17H,13-16,18H2. The van der Waals surface area contributed by atoms with Gasteiger partial charge in [-0.15, -0.1) is 0 Å². The van der Waals surface area contributed by atoms with Crippen LogP contribution in [0.15, 0.2) is 83.9 Å². The maximum Gasteiger partial charge on any atom is 0.416 e. The zero-order valence-electron chi connectivity index (χ0n) is 20.7. The van der Waals surface area contributed by atoms with Crippen molar-refractivity contribution in [3.8, 4) is 16.9 Å². The van der Waals surface area contributed by atoms with Gasteiger partial charge in [-0.25, -0.2) is 14.6 Å². The minimum Gasteiger partial charge on any atom is -0.378 e. The Bertz CT molecular complexity index is 1690. The lowest BCUT2D eigenvalue weighted by atomic mass is 10.1. The number of hydrogen-bond donors (Lipinski definition) is 0. The number of halogens is 3. The van der Waals surface area contributed by atoms with E-state index in [1.807, 2.05) is 30.3 Å². The number of rotatable bonds is 5. The first kappa shape index (κ1) is 24.8. The highest BCUT2D eigenvalue weighted by Gasteiger charge is 2.30. The summed E-state index contributed by atoms with van der Waals surface area (Å²) in [6.07, 6.45) is -1.06. The molecule has 0 unspecified atom stereocenters. The van der Waals surface area contributed by atoms with E-state index in [9.17, 15) is 18.0 Å². The SMILES string of the molecule is O=c1cc(-c2nn(-c3ccc(C(F)(F)F)cc3)c3ccccc23)ccn1Cc1nccc(N2CCOCC2)n1. The maximum atomic E-state index is 13.1. The lowest BCUT2D eigenvalue weighted by Gasteiger charge is -2.27. The van der Waals surface area contributed by atoms with Crippen molar-refractivity contribution >= 4 is 16.7 Å². The minimum absolute atomic E-state index is 0.206. The Hall–Kier alpha value is -4.51. The Morgan fingerprint density at radius 3 is 2.46 bits per heavy atom. The summed E-state index contributed by atoms with van der Waals surface area (Å²) in [4.78, 5) is 24.2. The van der Waals surface area contributed by atoms with Gasteiger partial charge in [0.25, 0.3) is 5.56 Å². The second kappa shape index (κ2) is 9.99. The normalized spacial score (nSPS) is 14.2. The van der Waals surface area contributed by atoms with Crippen LogP contribution in [0.4, 0.5) is 19.0 Å². The van der Waals surface area contributed by atoms with Crippen LogP contribution in [0.2, 0.25) is 0 Å². The first-order valence-corrected chi connectivity index (χ1v) is 12.4. The number of morpholine rings is 1. The van der Waals surface area contributed by atoms with E-state index in [-0.39, 0.29) is 12.1 Å². The number of pyridine rings is 1. The maximum absolute atomic E-state index is 13.1. The number of nitrogens with zero attached hydrogens (tertiary/aromatic N) is 6. The molecule has 1 aliphatic rings. The molecule has 0 bridgehead atoms. The van der Waals surface area contributed by atoms with Gasteiger partial charge in [0.05, 0.1) is 36.5 Å². The molecule has 8 nitrogen and oxygen atoms in total. The molecule has 0 atom stereocenters. The zero-order valence-corrected chi connectivity index (χ0v) is 20.7. The highest BCUT2D eigenvalue weighted by molar-refractivity contribution is 5.94. The van der Waals surface area contributed by atoms with E-state index >= 15 is 0 Å². The van der Waals surface area contributed by atoms with E-state index in [0.717, 1.165) is 36.4 Å². The van der Waals surface area contributed by atoms with E-state index in [4.69, 9.17) is 4.74 Å². The average molecular weight is 533 g/mol. The van der Waals surface area contributed by atoms with Gasteiger partial charge in [0, 0.05) is 42.5 Å². The van der Waals surface area contributed by atoms with Crippen molar-refractivity contribution in [2.24, 2.45) is 0 Å². The van der Waals surface area contributed by atoms with Gasteiger partial charge in [0.1, 0.15) is 17.3 Å². The fourth-order valence-electron chi connectivity index (χ4n) is 4.64. The summed E-state index contributed by atoms with van der Waals surface area (Å²) >= 11 is 0. The highest BCUT2D eigenvalue weighted by Crippen LogP contribution is 2.32. The topological polar surface area (TPSA) is 78.1 Å². The van der Waals surface area contributed by atoms with E-state index in [1.165, 1.54) is 22.8 Å². The molecule has 6 rings (SSSR count). The third-order valence-electron chi connectivity index (χ3n) is 6.63. The quantitative estimate of drug-likeness (QED) is 0.331. The Labute approximate surface area is 220 Å². The number of alkyl halides is 3. The van der Waals surface area contributed by atoms with Crippen molar-refractivity contribution in [1.29, 1.82) is 0 Å². The molecule has 1 fully saturated rings. The molecule has 1 aliphatic heterocycles. The molecule has 0 N–H and O–H groups in total. The minimum atomic E-state index is -4.42. The summed E-state index contributed by atoms with van der Waals surface area (Å²) in [6, 6.07) is 17.4. The summed E-state index contributed by atoms with van der Waals surface area (Å²) in [5, 5.41) is 5.46. The van der Waals surface area contributed by atoms with Gasteiger partial charge in [0.15, 0.2) is 0 Å². The van der Waals surface area contributed by atoms with Crippen molar-refractivity contribution in [1.82, 2.24) is 24.3 Å². The van der Waals surface area contributed by atoms with E-state index < -0.39 is 11.7 Å². The molecule has 0 aliphatic carbocycles. The molecule has 0 spiro atoms. The van der Waals surface area contributed by atoms with Gasteiger partial charge in [0.2, 0.25) is 0 Å². The predicted molar refractivity (Wildman–Crippen MR) is 140 cm³/mol. The predicted octanol–water partition coefficient (Wildman–Crippen LogP) is 4.55. The first-order chi connectivity index (χ1) is 18.9. The molecule has 11 heteroatoms. The van der Waals surface area contributed by atoms with Crippen molar-refractivity contribution in [2.45, 2.75) is 12.7 Å². The summed E-state index contributed by atoms with van der Waals surface area (Å²) in [7, 11) is 0. The summed E-state index contributed by atoms with van der Waals surface area (Å²) < 4.78 is 47.6. The second-order valence-corrected chi connectivity index (χ2v) is 9.13. The second-order valence-electron chi connectivity index (χ2n) is 9.13. The van der Waals surface area contributed by atoms with Crippen LogP contribution in [-0.4, -0.2) is 50.6 Å². The molecular formula is C28H23F3N6O2. The van der Waals surface area contributed by atoms with Crippen molar-refractivity contribution in [2.75, 3.05) is 31.2 Å². The van der Waals surface area contributed by atoms with Gasteiger partial charge < -0.3 is 14.2 Å². The van der Waals surface area contributed by atoms with Gasteiger partial charge in [-0.2, -0.15) is 18.3 Å². The van der Waals surface area contributed by atoms with Crippen LogP contribution in [0.1, 0.15) is 11.4 Å². The Balaban J connectivity index is 1.31. The molecule has 4 heterocycles. The van der Waals surface area contributed by atoms with Gasteiger partial charge in [-0.1, -0.05) is 18.2 Å². The summed E-state index contributed by atoms with van der Waals surface area (Å²) in [5.74, 6) is 1.32. The Morgan fingerprint density at radius 2 is 1.72 bits per heavy atom. The lowest BCUT2D eigenvalue weighted by Crippen LogP contribution is -2.37. The van der Waals surface area contributed by atoms with Crippen LogP contribution in [-0.2, 0) is 17.5 Å². The van der Waals surface area contributed by atoms with Crippen LogP contribution in [0.3, 0.4) is 0 Å². The number of ether oxygens (including phenoxy) is 1. The number of benzene rings is 2. The van der Waals surface area contributed by atoms with Crippen LogP contribution in [0.25, 0.3) is 27.8 Å². The molecule has 39 heavy (non-hydrogen) atoms. The third-order valence-corrected chi connectivity index (χ3v) is 6.63. The molecule has 3 aromatic heterocycles. The Kier molecular flexibility index (Phi) is 6.35. The monoisotopic (exact) mass is 532 g/mol.